The Labute approximate surface area is 175 Å². The van der Waals surface area contributed by atoms with Gasteiger partial charge in [0, 0.05) is 23.1 Å². The van der Waals surface area contributed by atoms with E-state index < -0.39 is 6.04 Å². The van der Waals surface area contributed by atoms with Crippen molar-refractivity contribution in [1.82, 2.24) is 10.2 Å². The number of halogens is 2. The zero-order valence-corrected chi connectivity index (χ0v) is 17.5. The topological polar surface area (TPSA) is 58.6 Å². The van der Waals surface area contributed by atoms with E-state index in [1.807, 2.05) is 25.1 Å². The van der Waals surface area contributed by atoms with Gasteiger partial charge in [0.2, 0.25) is 5.91 Å². The summed E-state index contributed by atoms with van der Waals surface area (Å²) in [6.45, 7) is 4.20. The number of nitrogens with one attached hydrogen (secondary N) is 1. The molecule has 0 aliphatic carbocycles. The van der Waals surface area contributed by atoms with Crippen LogP contribution in [0.5, 0.6) is 5.75 Å². The largest absolute Gasteiger partial charge is 0.484 e. The molecule has 0 heterocycles. The van der Waals surface area contributed by atoms with Crippen molar-refractivity contribution in [2.75, 3.05) is 13.2 Å². The monoisotopic (exact) mass is 422 g/mol. The molecule has 0 aliphatic heterocycles. The van der Waals surface area contributed by atoms with Crippen molar-refractivity contribution >= 4 is 35.0 Å². The lowest BCUT2D eigenvalue weighted by atomic mass is 10.1. The molecular weight excluding hydrogens is 399 g/mol. The number of amides is 2. The van der Waals surface area contributed by atoms with Gasteiger partial charge in [0.25, 0.3) is 5.91 Å². The Hall–Kier alpha value is -2.24. The maximum Gasteiger partial charge on any atom is 0.261 e. The Morgan fingerprint density at radius 1 is 1.14 bits per heavy atom. The van der Waals surface area contributed by atoms with Crippen LogP contribution in [0.25, 0.3) is 0 Å². The maximum absolute atomic E-state index is 12.9. The third-order valence-electron chi connectivity index (χ3n) is 4.18. The fourth-order valence-corrected chi connectivity index (χ4v) is 3.02. The van der Waals surface area contributed by atoms with E-state index in [4.69, 9.17) is 27.9 Å². The molecule has 7 heteroatoms. The summed E-state index contributed by atoms with van der Waals surface area (Å²) < 4.78 is 5.57. The number of carbonyl (C=O) groups excluding carboxylic acids is 2. The molecule has 2 aromatic carbocycles. The van der Waals surface area contributed by atoms with Crippen molar-refractivity contribution in [3.05, 3.63) is 64.1 Å². The lowest BCUT2D eigenvalue weighted by Crippen LogP contribution is -2.49. The highest BCUT2D eigenvalue weighted by Crippen LogP contribution is 2.23. The molecule has 2 amide bonds. The Balaban J connectivity index is 2.16. The molecule has 0 radical (unpaired) electrons. The van der Waals surface area contributed by atoms with Gasteiger partial charge in [-0.3, -0.25) is 9.59 Å². The van der Waals surface area contributed by atoms with E-state index in [1.54, 1.807) is 37.3 Å². The minimum atomic E-state index is -0.676. The van der Waals surface area contributed by atoms with Crippen LogP contribution in [0.3, 0.4) is 0 Å². The Bertz CT molecular complexity index is 799. The summed E-state index contributed by atoms with van der Waals surface area (Å²) >= 11 is 12.2. The van der Waals surface area contributed by atoms with Gasteiger partial charge in [-0.15, -0.1) is 0 Å². The van der Waals surface area contributed by atoms with E-state index in [1.165, 1.54) is 4.90 Å². The molecule has 1 atom stereocenters. The third kappa shape index (κ3) is 6.43. The van der Waals surface area contributed by atoms with Gasteiger partial charge in [-0.05, 0) is 43.2 Å². The van der Waals surface area contributed by atoms with Gasteiger partial charge in [0.15, 0.2) is 6.61 Å². The number of benzene rings is 2. The molecule has 5 nitrogen and oxygen atoms in total. The van der Waals surface area contributed by atoms with Crippen molar-refractivity contribution in [2.24, 2.45) is 0 Å². The van der Waals surface area contributed by atoms with Crippen LogP contribution in [0, 0.1) is 0 Å². The standard InChI is InChI=1S/C21H24Cl2N2O3/c1-3-11-24-21(27)15(2)25(13-16-9-10-17(22)12-19(16)23)20(26)14-28-18-7-5-4-6-8-18/h4-10,12,15H,3,11,13-14H2,1-2H3,(H,24,27)/t15-/m0/s1. The second-order valence-electron chi connectivity index (χ2n) is 6.33. The fourth-order valence-electron chi connectivity index (χ4n) is 2.56. The first kappa shape index (κ1) is 22.1. The molecule has 1 N–H and O–H groups in total. The highest BCUT2D eigenvalue weighted by molar-refractivity contribution is 6.35. The Kier molecular flexibility index (Phi) is 8.61. The van der Waals surface area contributed by atoms with Crippen LogP contribution in [0.15, 0.2) is 48.5 Å². The smallest absolute Gasteiger partial charge is 0.261 e. The zero-order valence-electron chi connectivity index (χ0n) is 16.0. The minimum absolute atomic E-state index is 0.174. The first-order valence-corrected chi connectivity index (χ1v) is 9.87. The van der Waals surface area contributed by atoms with E-state index in [0.29, 0.717) is 27.9 Å². The molecule has 0 saturated carbocycles. The summed E-state index contributed by atoms with van der Waals surface area (Å²) in [7, 11) is 0. The van der Waals surface area contributed by atoms with Gasteiger partial charge >= 0.3 is 0 Å². The molecule has 0 aliphatic rings. The molecule has 2 rings (SSSR count). The highest BCUT2D eigenvalue weighted by atomic mass is 35.5. The Morgan fingerprint density at radius 2 is 1.86 bits per heavy atom. The summed E-state index contributed by atoms with van der Waals surface area (Å²) in [6.07, 6.45) is 0.812. The van der Waals surface area contributed by atoms with Crippen molar-refractivity contribution in [1.29, 1.82) is 0 Å². The van der Waals surface area contributed by atoms with E-state index >= 15 is 0 Å². The molecule has 0 unspecified atom stereocenters. The lowest BCUT2D eigenvalue weighted by molar-refractivity contribution is -0.142. The normalized spacial score (nSPS) is 11.6. The van der Waals surface area contributed by atoms with Gasteiger partial charge in [-0.1, -0.05) is 54.4 Å². The molecule has 0 aromatic heterocycles. The number of ether oxygens (including phenoxy) is 1. The van der Waals surface area contributed by atoms with E-state index in [2.05, 4.69) is 5.32 Å². The highest BCUT2D eigenvalue weighted by Gasteiger charge is 2.27. The van der Waals surface area contributed by atoms with Gasteiger partial charge < -0.3 is 15.0 Å². The minimum Gasteiger partial charge on any atom is -0.484 e. The summed E-state index contributed by atoms with van der Waals surface area (Å²) in [5.74, 6) is 0.0532. The lowest BCUT2D eigenvalue weighted by Gasteiger charge is -2.29. The van der Waals surface area contributed by atoms with Gasteiger partial charge in [-0.2, -0.15) is 0 Å². The van der Waals surface area contributed by atoms with Crippen LogP contribution in [0.4, 0.5) is 0 Å². The number of para-hydroxylation sites is 1. The van der Waals surface area contributed by atoms with Crippen LogP contribution in [-0.2, 0) is 16.1 Å². The molecule has 0 bridgehead atoms. The Morgan fingerprint density at radius 3 is 2.50 bits per heavy atom. The quantitative estimate of drug-likeness (QED) is 0.654. The SMILES string of the molecule is CCCNC(=O)[C@H](C)N(Cc1ccc(Cl)cc1Cl)C(=O)COc1ccccc1. The molecule has 150 valence electrons. The average Bonchev–Trinajstić information content (AvgIpc) is 2.70. The summed E-state index contributed by atoms with van der Waals surface area (Å²) in [4.78, 5) is 26.8. The number of hydrogen-bond donors (Lipinski definition) is 1. The maximum atomic E-state index is 12.9. The first-order valence-electron chi connectivity index (χ1n) is 9.11. The van der Waals surface area contributed by atoms with Crippen LogP contribution < -0.4 is 10.1 Å². The predicted octanol–water partition coefficient (Wildman–Crippen LogP) is 4.32. The summed E-state index contributed by atoms with van der Waals surface area (Å²) in [5.41, 5.74) is 0.703. The summed E-state index contributed by atoms with van der Waals surface area (Å²) in [6, 6.07) is 13.4. The first-order chi connectivity index (χ1) is 13.4. The van der Waals surface area contributed by atoms with Crippen molar-refractivity contribution in [3.63, 3.8) is 0 Å². The van der Waals surface area contributed by atoms with Crippen molar-refractivity contribution < 1.29 is 14.3 Å². The molecule has 2 aromatic rings. The van der Waals surface area contributed by atoms with E-state index in [-0.39, 0.29) is 25.0 Å². The van der Waals surface area contributed by atoms with Gasteiger partial charge in [0.1, 0.15) is 11.8 Å². The van der Waals surface area contributed by atoms with Crippen LogP contribution in [0.2, 0.25) is 10.0 Å². The molecular formula is C21H24Cl2N2O3. The van der Waals surface area contributed by atoms with Crippen LogP contribution >= 0.6 is 23.2 Å². The number of hydrogen-bond acceptors (Lipinski definition) is 3. The van der Waals surface area contributed by atoms with Gasteiger partial charge in [-0.25, -0.2) is 0 Å². The second kappa shape index (κ2) is 10.9. The summed E-state index contributed by atoms with van der Waals surface area (Å²) in [5, 5.41) is 3.77. The molecule has 0 saturated heterocycles. The van der Waals surface area contributed by atoms with E-state index in [9.17, 15) is 9.59 Å². The predicted molar refractivity (Wildman–Crippen MR) is 112 cm³/mol. The van der Waals surface area contributed by atoms with Crippen LogP contribution in [-0.4, -0.2) is 35.9 Å². The van der Waals surface area contributed by atoms with E-state index in [0.717, 1.165) is 6.42 Å². The second-order valence-corrected chi connectivity index (χ2v) is 7.17. The van der Waals surface area contributed by atoms with Crippen LogP contribution in [0.1, 0.15) is 25.8 Å². The van der Waals surface area contributed by atoms with Crippen molar-refractivity contribution in [2.45, 2.75) is 32.9 Å². The number of nitrogens with zero attached hydrogens (tertiary/aromatic N) is 1. The van der Waals surface area contributed by atoms with Crippen molar-refractivity contribution in [3.8, 4) is 5.75 Å². The average molecular weight is 423 g/mol. The molecule has 28 heavy (non-hydrogen) atoms. The number of carbonyl (C=O) groups is 2. The molecule has 0 spiro atoms. The zero-order chi connectivity index (χ0) is 20.5. The number of rotatable bonds is 9. The molecule has 0 fully saturated rings. The fraction of sp³-hybridized carbons (Fsp3) is 0.333. The van der Waals surface area contributed by atoms with Gasteiger partial charge in [0.05, 0.1) is 0 Å². The third-order valence-corrected chi connectivity index (χ3v) is 4.76.